The van der Waals surface area contributed by atoms with E-state index in [0.717, 1.165) is 17.7 Å². The second-order valence-electron chi connectivity index (χ2n) is 3.88. The fourth-order valence-corrected chi connectivity index (χ4v) is 1.46. The van der Waals surface area contributed by atoms with Crippen molar-refractivity contribution >= 4 is 17.4 Å². The first-order valence-corrected chi connectivity index (χ1v) is 5.46. The number of amides is 1. The van der Waals surface area contributed by atoms with Crippen LogP contribution in [0.1, 0.15) is 42.6 Å². The summed E-state index contributed by atoms with van der Waals surface area (Å²) in [6, 6.07) is 5.31. The number of ketones is 1. The molecule has 0 radical (unpaired) electrons. The summed E-state index contributed by atoms with van der Waals surface area (Å²) < 4.78 is 0. The number of carbonyl (C=O) groups excluding carboxylic acids is 2. The fourth-order valence-electron chi connectivity index (χ4n) is 1.46. The van der Waals surface area contributed by atoms with Crippen molar-refractivity contribution in [1.29, 1.82) is 0 Å². The van der Waals surface area contributed by atoms with Gasteiger partial charge in [-0.15, -0.1) is 0 Å². The molecule has 1 aromatic rings. The van der Waals surface area contributed by atoms with Crippen molar-refractivity contribution in [3.63, 3.8) is 0 Å². The summed E-state index contributed by atoms with van der Waals surface area (Å²) in [4.78, 5) is 22.6. The zero-order valence-corrected chi connectivity index (χ0v) is 9.96. The summed E-state index contributed by atoms with van der Waals surface area (Å²) in [5, 5.41) is 2.83. The predicted octanol–water partition coefficient (Wildman–Crippen LogP) is 2.94. The highest BCUT2D eigenvalue weighted by molar-refractivity contribution is 5.96. The molecule has 0 aliphatic carbocycles. The Bertz CT molecular complexity index is 410. The Labute approximate surface area is 95.9 Å². The highest BCUT2D eigenvalue weighted by atomic mass is 16.1. The highest BCUT2D eigenvalue weighted by Crippen LogP contribution is 2.17. The number of hydrogen-bond donors (Lipinski definition) is 1. The largest absolute Gasteiger partial charge is 0.326 e. The molecule has 0 aromatic heterocycles. The maximum Gasteiger partial charge on any atom is 0.224 e. The van der Waals surface area contributed by atoms with Crippen LogP contribution in [0.25, 0.3) is 0 Å². The Balaban J connectivity index is 2.83. The van der Waals surface area contributed by atoms with Crippen molar-refractivity contribution in [1.82, 2.24) is 0 Å². The highest BCUT2D eigenvalue weighted by Gasteiger charge is 2.06. The molecule has 3 nitrogen and oxygen atoms in total. The Morgan fingerprint density at radius 2 is 2.00 bits per heavy atom. The molecular formula is C13H17NO2. The first-order valence-electron chi connectivity index (χ1n) is 5.46. The number of benzene rings is 1. The van der Waals surface area contributed by atoms with Gasteiger partial charge in [-0.25, -0.2) is 0 Å². The summed E-state index contributed by atoms with van der Waals surface area (Å²) in [6.07, 6.45) is 1.35. The van der Waals surface area contributed by atoms with Gasteiger partial charge >= 0.3 is 0 Å². The molecule has 3 heteroatoms. The van der Waals surface area contributed by atoms with Gasteiger partial charge in [0.1, 0.15) is 0 Å². The number of hydrogen-bond acceptors (Lipinski definition) is 2. The van der Waals surface area contributed by atoms with Crippen molar-refractivity contribution in [2.45, 2.75) is 33.6 Å². The lowest BCUT2D eigenvalue weighted by Gasteiger charge is -2.08. The Kier molecular flexibility index (Phi) is 4.23. The van der Waals surface area contributed by atoms with E-state index in [2.05, 4.69) is 5.32 Å². The van der Waals surface area contributed by atoms with Gasteiger partial charge in [-0.3, -0.25) is 9.59 Å². The van der Waals surface area contributed by atoms with Crippen LogP contribution in [0, 0.1) is 6.92 Å². The average Bonchev–Trinajstić information content (AvgIpc) is 2.21. The Morgan fingerprint density at radius 3 is 2.50 bits per heavy atom. The van der Waals surface area contributed by atoms with Crippen LogP contribution in [0.4, 0.5) is 5.69 Å². The average molecular weight is 219 g/mol. The van der Waals surface area contributed by atoms with Gasteiger partial charge in [-0.1, -0.05) is 6.92 Å². The maximum atomic E-state index is 11.4. The lowest BCUT2D eigenvalue weighted by atomic mass is 10.1. The van der Waals surface area contributed by atoms with Crippen LogP contribution in [0.2, 0.25) is 0 Å². The van der Waals surface area contributed by atoms with Crippen molar-refractivity contribution in [3.8, 4) is 0 Å². The standard InChI is InChI=1S/C13H17NO2/c1-4-5-13(16)14-12-7-6-11(10(3)15)8-9(12)2/h6-8H,4-5H2,1-3H3,(H,14,16). The molecule has 1 amide bonds. The smallest absolute Gasteiger partial charge is 0.224 e. The van der Waals surface area contributed by atoms with Gasteiger partial charge in [-0.2, -0.15) is 0 Å². The van der Waals surface area contributed by atoms with E-state index in [-0.39, 0.29) is 11.7 Å². The third-order valence-electron chi connectivity index (χ3n) is 2.38. The van der Waals surface area contributed by atoms with Crippen LogP contribution >= 0.6 is 0 Å². The topological polar surface area (TPSA) is 46.2 Å². The molecule has 0 heterocycles. The first kappa shape index (κ1) is 12.4. The number of aryl methyl sites for hydroxylation is 1. The molecule has 1 N–H and O–H groups in total. The van der Waals surface area contributed by atoms with Gasteiger partial charge in [0.25, 0.3) is 0 Å². The number of Topliss-reactive ketones (excluding diaryl/α,β-unsaturated/α-hetero) is 1. The molecule has 0 saturated carbocycles. The zero-order chi connectivity index (χ0) is 12.1. The summed E-state index contributed by atoms with van der Waals surface area (Å²) in [5.41, 5.74) is 2.37. The molecule has 0 saturated heterocycles. The summed E-state index contributed by atoms with van der Waals surface area (Å²) in [6.45, 7) is 5.38. The quantitative estimate of drug-likeness (QED) is 0.791. The normalized spacial score (nSPS) is 9.94. The molecule has 0 unspecified atom stereocenters. The van der Waals surface area contributed by atoms with Gasteiger partial charge < -0.3 is 5.32 Å². The number of carbonyl (C=O) groups is 2. The minimum atomic E-state index is 0.0150. The van der Waals surface area contributed by atoms with Gasteiger partial charge in [0.05, 0.1) is 0 Å². The minimum absolute atomic E-state index is 0.0150. The molecule has 0 spiro atoms. The van der Waals surface area contributed by atoms with E-state index in [1.807, 2.05) is 13.8 Å². The lowest BCUT2D eigenvalue weighted by molar-refractivity contribution is -0.116. The van der Waals surface area contributed by atoms with E-state index in [1.54, 1.807) is 18.2 Å². The molecule has 0 aliphatic rings. The molecule has 1 rings (SSSR count). The molecule has 0 aliphatic heterocycles. The van der Waals surface area contributed by atoms with E-state index < -0.39 is 0 Å². The molecule has 0 fully saturated rings. The first-order chi connectivity index (χ1) is 7.54. The SMILES string of the molecule is CCCC(=O)Nc1ccc(C(C)=O)cc1C. The van der Waals surface area contributed by atoms with E-state index in [0.29, 0.717) is 12.0 Å². The van der Waals surface area contributed by atoms with E-state index in [9.17, 15) is 9.59 Å². The second-order valence-corrected chi connectivity index (χ2v) is 3.88. The fraction of sp³-hybridized carbons (Fsp3) is 0.385. The predicted molar refractivity (Wildman–Crippen MR) is 64.7 cm³/mol. The van der Waals surface area contributed by atoms with Crippen molar-refractivity contribution < 1.29 is 9.59 Å². The van der Waals surface area contributed by atoms with Crippen molar-refractivity contribution in [2.24, 2.45) is 0 Å². The maximum absolute atomic E-state index is 11.4. The number of rotatable bonds is 4. The molecule has 1 aromatic carbocycles. The monoisotopic (exact) mass is 219 g/mol. The molecule has 0 bridgehead atoms. The molecule has 86 valence electrons. The van der Waals surface area contributed by atoms with Gasteiger partial charge in [0, 0.05) is 17.7 Å². The Morgan fingerprint density at radius 1 is 1.31 bits per heavy atom. The van der Waals surface area contributed by atoms with Crippen molar-refractivity contribution in [3.05, 3.63) is 29.3 Å². The van der Waals surface area contributed by atoms with Crippen molar-refractivity contribution in [2.75, 3.05) is 5.32 Å². The van der Waals surface area contributed by atoms with E-state index >= 15 is 0 Å². The molecular weight excluding hydrogens is 202 g/mol. The van der Waals surface area contributed by atoms with Crippen LogP contribution in [0.15, 0.2) is 18.2 Å². The summed E-state index contributed by atoms with van der Waals surface area (Å²) in [7, 11) is 0. The summed E-state index contributed by atoms with van der Waals surface area (Å²) >= 11 is 0. The van der Waals surface area contributed by atoms with Crippen LogP contribution in [-0.4, -0.2) is 11.7 Å². The van der Waals surface area contributed by atoms with E-state index in [1.165, 1.54) is 6.92 Å². The zero-order valence-electron chi connectivity index (χ0n) is 9.96. The molecule has 0 atom stereocenters. The second kappa shape index (κ2) is 5.45. The van der Waals surface area contributed by atoms with Gasteiger partial charge in [-0.05, 0) is 44.0 Å². The minimum Gasteiger partial charge on any atom is -0.326 e. The summed E-state index contributed by atoms with van der Waals surface area (Å²) in [5.74, 6) is 0.0516. The molecule has 16 heavy (non-hydrogen) atoms. The third kappa shape index (κ3) is 3.19. The Hall–Kier alpha value is -1.64. The van der Waals surface area contributed by atoms with Crippen LogP contribution in [-0.2, 0) is 4.79 Å². The van der Waals surface area contributed by atoms with Gasteiger partial charge in [0.15, 0.2) is 5.78 Å². The lowest BCUT2D eigenvalue weighted by Crippen LogP contribution is -2.11. The third-order valence-corrected chi connectivity index (χ3v) is 2.38. The number of nitrogens with one attached hydrogen (secondary N) is 1. The van der Waals surface area contributed by atoms with Crippen LogP contribution in [0.3, 0.4) is 0 Å². The van der Waals surface area contributed by atoms with Crippen LogP contribution in [0.5, 0.6) is 0 Å². The van der Waals surface area contributed by atoms with E-state index in [4.69, 9.17) is 0 Å². The number of anilines is 1. The van der Waals surface area contributed by atoms with Crippen LogP contribution < -0.4 is 5.32 Å². The van der Waals surface area contributed by atoms with Gasteiger partial charge in [0.2, 0.25) is 5.91 Å².